The minimum atomic E-state index is -0.673. The predicted molar refractivity (Wildman–Crippen MR) is 83.8 cm³/mol. The number of aromatic nitrogens is 2. The zero-order valence-corrected chi connectivity index (χ0v) is 12.4. The van der Waals surface area contributed by atoms with Crippen molar-refractivity contribution in [2.45, 2.75) is 18.6 Å². The van der Waals surface area contributed by atoms with Crippen molar-refractivity contribution in [1.82, 2.24) is 15.3 Å². The third-order valence-corrected chi connectivity index (χ3v) is 4.85. The zero-order valence-electron chi connectivity index (χ0n) is 11.6. The molecule has 1 amide bonds. The van der Waals surface area contributed by atoms with Gasteiger partial charge in [-0.15, -0.1) is 0 Å². The second-order valence-electron chi connectivity index (χ2n) is 5.27. The molecule has 0 saturated carbocycles. The molecule has 3 aromatic rings. The maximum absolute atomic E-state index is 12.4. The lowest BCUT2D eigenvalue weighted by atomic mass is 10.1. The van der Waals surface area contributed by atoms with Crippen LogP contribution in [0.4, 0.5) is 0 Å². The maximum Gasteiger partial charge on any atom is 0.280 e. The van der Waals surface area contributed by atoms with E-state index in [4.69, 9.17) is 0 Å². The Bertz CT molecular complexity index is 828. The van der Waals surface area contributed by atoms with E-state index < -0.39 is 6.10 Å². The summed E-state index contributed by atoms with van der Waals surface area (Å²) in [5.74, 6) is -0.264. The number of nitrogens with zero attached hydrogens (tertiary/aromatic N) is 2. The van der Waals surface area contributed by atoms with Gasteiger partial charge in [0.2, 0.25) is 0 Å². The molecule has 2 unspecified atom stereocenters. The molecule has 2 atom stereocenters. The van der Waals surface area contributed by atoms with Crippen LogP contribution >= 0.6 is 11.3 Å². The molecule has 6 heteroatoms. The molecule has 1 aromatic carbocycles. The number of nitrogens with one attached hydrogen (secondary N) is 1. The largest absolute Gasteiger partial charge is 0.386 e. The highest BCUT2D eigenvalue weighted by Crippen LogP contribution is 2.31. The fraction of sp³-hybridized carbons (Fsp3) is 0.188. The van der Waals surface area contributed by atoms with Gasteiger partial charge >= 0.3 is 0 Å². The lowest BCUT2D eigenvalue weighted by Gasteiger charge is -2.15. The molecule has 0 spiro atoms. The number of benzene rings is 1. The predicted octanol–water partition coefficient (Wildman–Crippen LogP) is 2.08. The second-order valence-corrected chi connectivity index (χ2v) is 6.25. The number of pyridine rings is 1. The number of carbonyl (C=O) groups excluding carboxylic acids is 1. The third kappa shape index (κ3) is 2.17. The topological polar surface area (TPSA) is 75.1 Å². The second kappa shape index (κ2) is 5.15. The van der Waals surface area contributed by atoms with Crippen molar-refractivity contribution in [2.75, 3.05) is 0 Å². The van der Waals surface area contributed by atoms with Crippen molar-refractivity contribution in [3.63, 3.8) is 0 Å². The first-order valence-electron chi connectivity index (χ1n) is 7.00. The summed E-state index contributed by atoms with van der Waals surface area (Å²) in [6, 6.07) is 11.0. The van der Waals surface area contributed by atoms with Crippen molar-refractivity contribution in [3.05, 3.63) is 58.7 Å². The number of hydrogen-bond acceptors (Lipinski definition) is 5. The first-order chi connectivity index (χ1) is 10.7. The standard InChI is InChI=1S/C16H13N3O2S/c20-13-10-5-2-1-4-9(10)8-12(13)18-14(21)16-19-11-6-3-7-17-15(11)22-16/h1-7,12-13,20H,8H2,(H,18,21). The molecule has 0 fully saturated rings. The minimum Gasteiger partial charge on any atom is -0.386 e. The lowest BCUT2D eigenvalue weighted by Crippen LogP contribution is -2.37. The van der Waals surface area contributed by atoms with Crippen LogP contribution < -0.4 is 5.32 Å². The molecule has 2 aromatic heterocycles. The van der Waals surface area contributed by atoms with Gasteiger partial charge in [-0.2, -0.15) is 0 Å². The molecule has 4 rings (SSSR count). The van der Waals surface area contributed by atoms with Gasteiger partial charge in [-0.05, 0) is 29.7 Å². The maximum atomic E-state index is 12.4. The van der Waals surface area contributed by atoms with E-state index in [1.165, 1.54) is 11.3 Å². The van der Waals surface area contributed by atoms with Gasteiger partial charge in [0.15, 0.2) is 5.01 Å². The Balaban J connectivity index is 1.55. The van der Waals surface area contributed by atoms with Crippen molar-refractivity contribution < 1.29 is 9.90 Å². The molecule has 110 valence electrons. The van der Waals surface area contributed by atoms with Crippen LogP contribution in [-0.4, -0.2) is 27.0 Å². The van der Waals surface area contributed by atoms with E-state index >= 15 is 0 Å². The van der Waals surface area contributed by atoms with E-state index in [1.54, 1.807) is 12.3 Å². The van der Waals surface area contributed by atoms with E-state index in [0.717, 1.165) is 16.0 Å². The van der Waals surface area contributed by atoms with Gasteiger partial charge < -0.3 is 10.4 Å². The Morgan fingerprint density at radius 2 is 2.14 bits per heavy atom. The number of amides is 1. The van der Waals surface area contributed by atoms with Gasteiger partial charge in [0.05, 0.1) is 12.1 Å². The molecule has 22 heavy (non-hydrogen) atoms. The number of hydrogen-bond donors (Lipinski definition) is 2. The summed E-state index contributed by atoms with van der Waals surface area (Å²) in [6.45, 7) is 0. The third-order valence-electron chi connectivity index (χ3n) is 3.87. The molecule has 2 heterocycles. The Hall–Kier alpha value is -2.31. The molecule has 1 aliphatic rings. The summed E-state index contributed by atoms with van der Waals surface area (Å²) in [5.41, 5.74) is 2.68. The van der Waals surface area contributed by atoms with Crippen molar-refractivity contribution >= 4 is 27.6 Å². The van der Waals surface area contributed by atoms with Crippen LogP contribution in [0.2, 0.25) is 0 Å². The van der Waals surface area contributed by atoms with Gasteiger partial charge in [0.25, 0.3) is 5.91 Å². The average Bonchev–Trinajstić information content (AvgIpc) is 3.10. The van der Waals surface area contributed by atoms with Crippen LogP contribution in [0.3, 0.4) is 0 Å². The van der Waals surface area contributed by atoms with Crippen LogP contribution in [-0.2, 0) is 6.42 Å². The summed E-state index contributed by atoms with van der Waals surface area (Å²) in [4.78, 5) is 21.6. The minimum absolute atomic E-state index is 0.264. The summed E-state index contributed by atoms with van der Waals surface area (Å²) < 4.78 is 0. The molecule has 0 saturated heterocycles. The normalized spacial score (nSPS) is 20.0. The van der Waals surface area contributed by atoms with Gasteiger partial charge in [-0.1, -0.05) is 35.6 Å². The number of aliphatic hydroxyl groups excluding tert-OH is 1. The van der Waals surface area contributed by atoms with Crippen LogP contribution in [0.15, 0.2) is 42.6 Å². The zero-order chi connectivity index (χ0) is 15.1. The SMILES string of the molecule is O=C(NC1Cc2ccccc2C1O)c1nc2cccnc2s1. The van der Waals surface area contributed by atoms with Crippen molar-refractivity contribution in [1.29, 1.82) is 0 Å². The fourth-order valence-corrected chi connectivity index (χ4v) is 3.61. The van der Waals surface area contributed by atoms with E-state index in [9.17, 15) is 9.90 Å². The Labute approximate surface area is 130 Å². The molecule has 0 radical (unpaired) electrons. The van der Waals surface area contributed by atoms with Gasteiger partial charge in [-0.3, -0.25) is 4.79 Å². The molecular formula is C16H13N3O2S. The van der Waals surface area contributed by atoms with Crippen molar-refractivity contribution in [3.8, 4) is 0 Å². The summed E-state index contributed by atoms with van der Waals surface area (Å²) in [7, 11) is 0. The van der Waals surface area contributed by atoms with E-state index in [-0.39, 0.29) is 11.9 Å². The number of rotatable bonds is 2. The summed E-state index contributed by atoms with van der Waals surface area (Å²) in [5, 5.41) is 13.6. The highest BCUT2D eigenvalue weighted by atomic mass is 32.1. The van der Waals surface area contributed by atoms with Gasteiger partial charge in [-0.25, -0.2) is 9.97 Å². The number of thiazole rings is 1. The Morgan fingerprint density at radius 1 is 1.27 bits per heavy atom. The van der Waals surface area contributed by atoms with E-state index in [1.807, 2.05) is 30.3 Å². The van der Waals surface area contributed by atoms with Gasteiger partial charge in [0, 0.05) is 6.20 Å². The average molecular weight is 311 g/mol. The van der Waals surface area contributed by atoms with E-state index in [2.05, 4.69) is 15.3 Å². The molecule has 2 N–H and O–H groups in total. The van der Waals surface area contributed by atoms with E-state index in [0.29, 0.717) is 16.9 Å². The molecule has 5 nitrogen and oxygen atoms in total. The smallest absolute Gasteiger partial charge is 0.280 e. The molecular weight excluding hydrogens is 298 g/mol. The van der Waals surface area contributed by atoms with Gasteiger partial charge in [0.1, 0.15) is 10.3 Å². The highest BCUT2D eigenvalue weighted by molar-refractivity contribution is 7.19. The van der Waals surface area contributed by atoms with Crippen molar-refractivity contribution in [2.24, 2.45) is 0 Å². The quantitative estimate of drug-likeness (QED) is 0.760. The van der Waals surface area contributed by atoms with Crippen LogP contribution in [0.1, 0.15) is 27.0 Å². The number of fused-ring (bicyclic) bond motifs is 2. The molecule has 0 bridgehead atoms. The number of carbonyl (C=O) groups is 1. The highest BCUT2D eigenvalue weighted by Gasteiger charge is 2.32. The number of aliphatic hydroxyl groups is 1. The van der Waals surface area contributed by atoms with Crippen LogP contribution in [0, 0.1) is 0 Å². The van der Waals surface area contributed by atoms with Crippen LogP contribution in [0.5, 0.6) is 0 Å². The first kappa shape index (κ1) is 13.4. The summed E-state index contributed by atoms with van der Waals surface area (Å²) in [6.07, 6.45) is 1.64. The summed E-state index contributed by atoms with van der Waals surface area (Å²) >= 11 is 1.26. The Morgan fingerprint density at radius 3 is 2.95 bits per heavy atom. The van der Waals surface area contributed by atoms with Crippen LogP contribution in [0.25, 0.3) is 10.3 Å². The molecule has 1 aliphatic carbocycles. The lowest BCUT2D eigenvalue weighted by molar-refractivity contribution is 0.0858. The monoisotopic (exact) mass is 311 g/mol. The fourth-order valence-electron chi connectivity index (χ4n) is 2.80. The first-order valence-corrected chi connectivity index (χ1v) is 7.82. The Kier molecular flexibility index (Phi) is 3.13. The molecule has 0 aliphatic heterocycles.